The third-order valence-corrected chi connectivity index (χ3v) is 4.43. The van der Waals surface area contributed by atoms with Crippen LogP contribution in [-0.4, -0.2) is 36.5 Å². The predicted molar refractivity (Wildman–Crippen MR) is 69.8 cm³/mol. The van der Waals surface area contributed by atoms with Gasteiger partial charge in [-0.2, -0.15) is 0 Å². The van der Waals surface area contributed by atoms with Gasteiger partial charge in [-0.05, 0) is 31.6 Å². The van der Waals surface area contributed by atoms with E-state index in [1.165, 1.54) is 38.5 Å². The minimum Gasteiger partial charge on any atom is -0.344 e. The van der Waals surface area contributed by atoms with Gasteiger partial charge in [-0.25, -0.2) is 0 Å². The molecule has 0 aromatic carbocycles. The van der Waals surface area contributed by atoms with Gasteiger partial charge in [0.05, 0.1) is 6.04 Å². The maximum atomic E-state index is 11.9. The molecule has 0 radical (unpaired) electrons. The highest BCUT2D eigenvalue weighted by Crippen LogP contribution is 2.30. The van der Waals surface area contributed by atoms with Crippen LogP contribution in [0.5, 0.6) is 0 Å². The van der Waals surface area contributed by atoms with Crippen LogP contribution >= 0.6 is 0 Å². The Morgan fingerprint density at radius 1 is 1.35 bits per heavy atom. The van der Waals surface area contributed by atoms with Gasteiger partial charge in [-0.3, -0.25) is 4.79 Å². The molecule has 3 heteroatoms. The van der Waals surface area contributed by atoms with Crippen LogP contribution in [0.1, 0.15) is 51.9 Å². The molecule has 17 heavy (non-hydrogen) atoms. The predicted octanol–water partition coefficient (Wildman–Crippen LogP) is 2.17. The fourth-order valence-electron chi connectivity index (χ4n) is 3.30. The van der Waals surface area contributed by atoms with Gasteiger partial charge in [-0.1, -0.05) is 26.2 Å². The summed E-state index contributed by atoms with van der Waals surface area (Å²) in [6.07, 6.45) is 8.91. The first kappa shape index (κ1) is 12.9. The molecule has 1 saturated heterocycles. The van der Waals surface area contributed by atoms with Gasteiger partial charge in [0, 0.05) is 19.6 Å². The normalized spacial score (nSPS) is 33.6. The van der Waals surface area contributed by atoms with Gasteiger partial charge in [0.1, 0.15) is 0 Å². The lowest BCUT2D eigenvalue weighted by Crippen LogP contribution is -2.44. The van der Waals surface area contributed by atoms with E-state index >= 15 is 0 Å². The van der Waals surface area contributed by atoms with Crippen LogP contribution in [0.2, 0.25) is 0 Å². The Labute approximate surface area is 105 Å². The first-order valence-electron chi connectivity index (χ1n) is 7.23. The van der Waals surface area contributed by atoms with Crippen LogP contribution in [0, 0.1) is 5.92 Å². The summed E-state index contributed by atoms with van der Waals surface area (Å²) in [5.74, 6) is 1.11. The molecule has 2 aliphatic rings. The molecule has 2 fully saturated rings. The van der Waals surface area contributed by atoms with E-state index in [1.807, 2.05) is 11.9 Å². The summed E-state index contributed by atoms with van der Waals surface area (Å²) in [5.41, 5.74) is 0. The highest BCUT2D eigenvalue weighted by atomic mass is 16.2. The minimum absolute atomic E-state index is 0.104. The number of nitrogens with zero attached hydrogens (tertiary/aromatic N) is 1. The van der Waals surface area contributed by atoms with Crippen molar-refractivity contribution < 1.29 is 4.79 Å². The largest absolute Gasteiger partial charge is 0.344 e. The van der Waals surface area contributed by atoms with Gasteiger partial charge in [0.25, 0.3) is 0 Å². The van der Waals surface area contributed by atoms with Crippen LogP contribution in [0.25, 0.3) is 0 Å². The van der Waals surface area contributed by atoms with Gasteiger partial charge in [-0.15, -0.1) is 0 Å². The molecule has 0 aromatic rings. The van der Waals surface area contributed by atoms with Crippen molar-refractivity contribution in [2.24, 2.45) is 5.92 Å². The van der Waals surface area contributed by atoms with E-state index < -0.39 is 0 Å². The molecule has 1 N–H and O–H groups in total. The Morgan fingerprint density at radius 2 is 2.18 bits per heavy atom. The zero-order valence-corrected chi connectivity index (χ0v) is 11.2. The van der Waals surface area contributed by atoms with Crippen LogP contribution in [-0.2, 0) is 4.79 Å². The van der Waals surface area contributed by atoms with Gasteiger partial charge >= 0.3 is 0 Å². The van der Waals surface area contributed by atoms with Crippen molar-refractivity contribution in [1.29, 1.82) is 0 Å². The van der Waals surface area contributed by atoms with E-state index in [1.54, 1.807) is 0 Å². The van der Waals surface area contributed by atoms with E-state index in [4.69, 9.17) is 0 Å². The maximum absolute atomic E-state index is 11.9. The molecule has 1 aliphatic heterocycles. The molecule has 1 saturated carbocycles. The summed E-state index contributed by atoms with van der Waals surface area (Å²) < 4.78 is 0. The molecule has 1 amide bonds. The lowest BCUT2D eigenvalue weighted by Gasteiger charge is -2.24. The summed E-state index contributed by atoms with van der Waals surface area (Å²) in [4.78, 5) is 13.7. The SMILES string of the molecule is CCCC[C@@H]1CCC[C@@H]1N[C@@H]1CCN(C)C1=O. The number of carbonyl (C=O) groups excluding carboxylic acids is 1. The van der Waals surface area contributed by atoms with Crippen molar-refractivity contribution in [3.05, 3.63) is 0 Å². The van der Waals surface area contributed by atoms with Crippen LogP contribution < -0.4 is 5.32 Å². The third-order valence-electron chi connectivity index (χ3n) is 4.43. The second kappa shape index (κ2) is 5.85. The fraction of sp³-hybridized carbons (Fsp3) is 0.929. The van der Waals surface area contributed by atoms with E-state index in [2.05, 4.69) is 12.2 Å². The van der Waals surface area contributed by atoms with E-state index in [0.717, 1.165) is 18.9 Å². The molecule has 1 aliphatic carbocycles. The number of likely N-dealkylation sites (tertiary alicyclic amines) is 1. The quantitative estimate of drug-likeness (QED) is 0.796. The average Bonchev–Trinajstić information content (AvgIpc) is 2.89. The second-order valence-corrected chi connectivity index (χ2v) is 5.71. The summed E-state index contributed by atoms with van der Waals surface area (Å²) in [6.45, 7) is 3.18. The molecule has 3 atom stereocenters. The Morgan fingerprint density at radius 3 is 2.82 bits per heavy atom. The molecule has 2 rings (SSSR count). The van der Waals surface area contributed by atoms with Crippen molar-refractivity contribution in [3.63, 3.8) is 0 Å². The lowest BCUT2D eigenvalue weighted by molar-refractivity contribution is -0.128. The molecular weight excluding hydrogens is 212 g/mol. The average molecular weight is 238 g/mol. The minimum atomic E-state index is 0.104. The number of carbonyl (C=O) groups is 1. The van der Waals surface area contributed by atoms with Crippen LogP contribution in [0.3, 0.4) is 0 Å². The number of nitrogens with one attached hydrogen (secondary N) is 1. The van der Waals surface area contributed by atoms with Crippen LogP contribution in [0.4, 0.5) is 0 Å². The van der Waals surface area contributed by atoms with Crippen molar-refractivity contribution in [1.82, 2.24) is 10.2 Å². The van der Waals surface area contributed by atoms with Crippen molar-refractivity contribution in [2.45, 2.75) is 64.0 Å². The second-order valence-electron chi connectivity index (χ2n) is 5.71. The van der Waals surface area contributed by atoms with Gasteiger partial charge in [0.15, 0.2) is 0 Å². The Hall–Kier alpha value is -0.570. The topological polar surface area (TPSA) is 32.3 Å². The number of likely N-dealkylation sites (N-methyl/N-ethyl adjacent to an activating group) is 1. The molecule has 0 unspecified atom stereocenters. The number of hydrogen-bond donors (Lipinski definition) is 1. The zero-order chi connectivity index (χ0) is 12.3. The van der Waals surface area contributed by atoms with Crippen molar-refractivity contribution >= 4 is 5.91 Å². The molecule has 0 aromatic heterocycles. The molecule has 0 bridgehead atoms. The van der Waals surface area contributed by atoms with E-state index in [-0.39, 0.29) is 6.04 Å². The number of hydrogen-bond acceptors (Lipinski definition) is 2. The Balaban J connectivity index is 1.83. The number of rotatable bonds is 5. The molecule has 1 heterocycles. The number of amides is 1. The highest BCUT2D eigenvalue weighted by molar-refractivity contribution is 5.83. The number of unbranched alkanes of at least 4 members (excludes halogenated alkanes) is 1. The lowest BCUT2D eigenvalue weighted by atomic mass is 9.96. The Bertz CT molecular complexity index is 267. The molecule has 0 spiro atoms. The van der Waals surface area contributed by atoms with E-state index in [0.29, 0.717) is 11.9 Å². The van der Waals surface area contributed by atoms with Crippen LogP contribution in [0.15, 0.2) is 0 Å². The summed E-state index contributed by atoms with van der Waals surface area (Å²) in [7, 11) is 1.91. The molecule has 98 valence electrons. The zero-order valence-electron chi connectivity index (χ0n) is 11.2. The van der Waals surface area contributed by atoms with Gasteiger partial charge in [0.2, 0.25) is 5.91 Å². The summed E-state index contributed by atoms with van der Waals surface area (Å²) in [5, 5.41) is 3.63. The summed E-state index contributed by atoms with van der Waals surface area (Å²) >= 11 is 0. The summed E-state index contributed by atoms with van der Waals surface area (Å²) in [6, 6.07) is 0.703. The highest BCUT2D eigenvalue weighted by Gasteiger charge is 2.34. The third kappa shape index (κ3) is 3.01. The monoisotopic (exact) mass is 238 g/mol. The molecule has 3 nitrogen and oxygen atoms in total. The maximum Gasteiger partial charge on any atom is 0.239 e. The smallest absolute Gasteiger partial charge is 0.239 e. The Kier molecular flexibility index (Phi) is 4.43. The fourth-order valence-corrected chi connectivity index (χ4v) is 3.30. The standard InChI is InChI=1S/C14H26N2O/c1-3-4-6-11-7-5-8-12(11)15-13-9-10-16(2)14(13)17/h11-13,15H,3-10H2,1-2H3/t11-,12+,13-/m1/s1. The van der Waals surface area contributed by atoms with Crippen molar-refractivity contribution in [2.75, 3.05) is 13.6 Å². The molecular formula is C14H26N2O. The van der Waals surface area contributed by atoms with Crippen molar-refractivity contribution in [3.8, 4) is 0 Å². The first-order chi connectivity index (χ1) is 8.22. The first-order valence-corrected chi connectivity index (χ1v) is 7.23. The van der Waals surface area contributed by atoms with Gasteiger partial charge < -0.3 is 10.2 Å². The van der Waals surface area contributed by atoms with E-state index in [9.17, 15) is 4.79 Å².